The number of methoxy groups -OCH3 is 1. The van der Waals surface area contributed by atoms with Crippen molar-refractivity contribution in [1.29, 1.82) is 0 Å². The van der Waals surface area contributed by atoms with Crippen molar-refractivity contribution in [2.24, 2.45) is 0 Å². The van der Waals surface area contributed by atoms with Gasteiger partial charge in [-0.15, -0.1) is 0 Å². The number of alkyl halides is 5. The summed E-state index contributed by atoms with van der Waals surface area (Å²) in [5.41, 5.74) is -3.50. The van der Waals surface area contributed by atoms with Crippen LogP contribution in [0, 0.1) is 0 Å². The summed E-state index contributed by atoms with van der Waals surface area (Å²) in [4.78, 5) is 13.9. The van der Waals surface area contributed by atoms with Gasteiger partial charge in [0.25, 0.3) is 6.43 Å². The van der Waals surface area contributed by atoms with Crippen LogP contribution in [-0.4, -0.2) is 18.1 Å². The van der Waals surface area contributed by atoms with Gasteiger partial charge in [0.15, 0.2) is 5.69 Å². The van der Waals surface area contributed by atoms with E-state index >= 15 is 0 Å². The minimum atomic E-state index is -4.91. The number of ether oxygens (including phenoxy) is 1. The number of hydrogen-bond acceptors (Lipinski definition) is 3. The number of esters is 1. The predicted octanol–water partition coefficient (Wildman–Crippen LogP) is 3.59. The van der Waals surface area contributed by atoms with Crippen LogP contribution in [0.2, 0.25) is 0 Å². The molecule has 3 nitrogen and oxygen atoms in total. The summed E-state index contributed by atoms with van der Waals surface area (Å²) in [6, 6.07) is 0.614. The summed E-state index contributed by atoms with van der Waals surface area (Å²) < 4.78 is 66.1. The van der Waals surface area contributed by atoms with Crippen molar-refractivity contribution in [2.45, 2.75) is 12.6 Å². The molecule has 0 unspecified atom stereocenters. The van der Waals surface area contributed by atoms with Crippen LogP contribution < -0.4 is 0 Å². The van der Waals surface area contributed by atoms with E-state index in [4.69, 9.17) is 0 Å². The molecule has 0 spiro atoms. The van der Waals surface area contributed by atoms with E-state index < -0.39 is 40.0 Å². The van der Waals surface area contributed by atoms with Crippen LogP contribution in [0.15, 0.2) is 10.5 Å². The van der Waals surface area contributed by atoms with Gasteiger partial charge in [0.05, 0.1) is 12.7 Å². The Morgan fingerprint density at radius 1 is 1.44 bits per heavy atom. The molecule has 0 atom stereocenters. The third-order valence-corrected chi connectivity index (χ3v) is 2.49. The molecule has 1 aromatic heterocycles. The Labute approximate surface area is 106 Å². The van der Waals surface area contributed by atoms with Crippen LogP contribution in [0.4, 0.5) is 22.0 Å². The van der Waals surface area contributed by atoms with Crippen molar-refractivity contribution in [3.63, 3.8) is 0 Å². The predicted molar refractivity (Wildman–Crippen MR) is 53.2 cm³/mol. The highest BCUT2D eigenvalue weighted by molar-refractivity contribution is 9.10. The first kappa shape index (κ1) is 14.8. The smallest absolute Gasteiger partial charge is 0.434 e. The highest BCUT2D eigenvalue weighted by atomic mass is 79.9. The van der Waals surface area contributed by atoms with Gasteiger partial charge in [-0.1, -0.05) is 0 Å². The standard InChI is InChI=1S/C9H5BrF5NO2/c1-18-8(17)3-2-4(10)6(9(13,14)15)16-5(3)7(11)12/h2,7H,1H3. The van der Waals surface area contributed by atoms with Crippen molar-refractivity contribution in [3.8, 4) is 0 Å². The molecular weight excluding hydrogens is 329 g/mol. The molecule has 1 rings (SSSR count). The van der Waals surface area contributed by atoms with Crippen LogP contribution >= 0.6 is 15.9 Å². The maximum Gasteiger partial charge on any atom is 0.434 e. The maximum atomic E-state index is 12.6. The molecule has 0 bridgehead atoms. The minimum Gasteiger partial charge on any atom is -0.465 e. The largest absolute Gasteiger partial charge is 0.465 e. The normalized spacial score (nSPS) is 11.8. The first-order chi connectivity index (χ1) is 8.18. The first-order valence-electron chi connectivity index (χ1n) is 4.32. The number of halogens is 6. The van der Waals surface area contributed by atoms with Crippen molar-refractivity contribution < 1.29 is 31.5 Å². The minimum absolute atomic E-state index is 0.611. The van der Waals surface area contributed by atoms with E-state index in [9.17, 15) is 26.7 Å². The lowest BCUT2D eigenvalue weighted by Gasteiger charge is -2.12. The molecule has 1 heterocycles. The van der Waals surface area contributed by atoms with Crippen LogP contribution in [0.25, 0.3) is 0 Å². The van der Waals surface area contributed by atoms with Crippen molar-refractivity contribution in [1.82, 2.24) is 4.98 Å². The van der Waals surface area contributed by atoms with E-state index in [1.165, 1.54) is 0 Å². The van der Waals surface area contributed by atoms with Gasteiger partial charge in [-0.3, -0.25) is 0 Å². The van der Waals surface area contributed by atoms with E-state index in [-0.39, 0.29) is 0 Å². The number of carbonyl (C=O) groups is 1. The Bertz CT molecular complexity index is 475. The van der Waals surface area contributed by atoms with Gasteiger partial charge in [0.1, 0.15) is 5.69 Å². The molecule has 0 amide bonds. The summed E-state index contributed by atoms with van der Waals surface area (Å²) in [5, 5.41) is 0. The number of carbonyl (C=O) groups excluding carboxylic acids is 1. The molecule has 0 aromatic carbocycles. The molecule has 0 N–H and O–H groups in total. The molecule has 0 fully saturated rings. The number of nitrogens with zero attached hydrogens (tertiary/aromatic N) is 1. The average molecular weight is 334 g/mol. The molecule has 0 saturated carbocycles. The molecule has 0 aliphatic carbocycles. The summed E-state index contributed by atoms with van der Waals surface area (Å²) in [6.07, 6.45) is -8.23. The SMILES string of the molecule is COC(=O)c1cc(Br)c(C(F)(F)F)nc1C(F)F. The summed E-state index contributed by atoms with van der Waals surface area (Å²) in [6.45, 7) is 0. The van der Waals surface area contributed by atoms with Gasteiger partial charge in [-0.05, 0) is 22.0 Å². The van der Waals surface area contributed by atoms with Crippen LogP contribution in [-0.2, 0) is 10.9 Å². The molecule has 18 heavy (non-hydrogen) atoms. The Balaban J connectivity index is 3.49. The van der Waals surface area contributed by atoms with E-state index in [0.29, 0.717) is 6.07 Å². The van der Waals surface area contributed by atoms with Crippen LogP contribution in [0.3, 0.4) is 0 Å². The molecule has 0 saturated heterocycles. The van der Waals surface area contributed by atoms with Gasteiger partial charge in [-0.2, -0.15) is 13.2 Å². The molecular formula is C9H5BrF5NO2. The van der Waals surface area contributed by atoms with Gasteiger partial charge in [0, 0.05) is 4.47 Å². The molecule has 100 valence electrons. The second kappa shape index (κ2) is 5.17. The fourth-order valence-corrected chi connectivity index (χ4v) is 1.68. The van der Waals surface area contributed by atoms with Gasteiger partial charge >= 0.3 is 12.1 Å². The molecule has 0 radical (unpaired) electrons. The quantitative estimate of drug-likeness (QED) is 0.613. The fraction of sp³-hybridized carbons (Fsp3) is 0.333. The first-order valence-corrected chi connectivity index (χ1v) is 5.12. The highest BCUT2D eigenvalue weighted by Gasteiger charge is 2.37. The Morgan fingerprint density at radius 3 is 2.39 bits per heavy atom. The van der Waals surface area contributed by atoms with Crippen LogP contribution in [0.1, 0.15) is 28.2 Å². The van der Waals surface area contributed by atoms with Crippen molar-refractivity contribution >= 4 is 21.9 Å². The zero-order valence-electron chi connectivity index (χ0n) is 8.69. The van der Waals surface area contributed by atoms with E-state index in [2.05, 4.69) is 25.7 Å². The monoisotopic (exact) mass is 333 g/mol. The Morgan fingerprint density at radius 2 is 2.00 bits per heavy atom. The topological polar surface area (TPSA) is 39.2 Å². The van der Waals surface area contributed by atoms with E-state index in [0.717, 1.165) is 7.11 Å². The van der Waals surface area contributed by atoms with Gasteiger partial charge in [-0.25, -0.2) is 18.6 Å². The van der Waals surface area contributed by atoms with E-state index in [1.54, 1.807) is 0 Å². The van der Waals surface area contributed by atoms with Gasteiger partial charge < -0.3 is 4.74 Å². The number of pyridine rings is 1. The zero-order valence-corrected chi connectivity index (χ0v) is 10.3. The lowest BCUT2D eigenvalue weighted by atomic mass is 10.1. The lowest BCUT2D eigenvalue weighted by molar-refractivity contribution is -0.142. The zero-order chi connectivity index (χ0) is 14.1. The number of hydrogen-bond donors (Lipinski definition) is 0. The molecule has 1 aromatic rings. The highest BCUT2D eigenvalue weighted by Crippen LogP contribution is 2.36. The van der Waals surface area contributed by atoms with Gasteiger partial charge in [0.2, 0.25) is 0 Å². The second-order valence-corrected chi connectivity index (χ2v) is 3.90. The lowest BCUT2D eigenvalue weighted by Crippen LogP contribution is -2.15. The Hall–Kier alpha value is -1.25. The average Bonchev–Trinajstić information content (AvgIpc) is 2.25. The van der Waals surface area contributed by atoms with Crippen molar-refractivity contribution in [3.05, 3.63) is 27.5 Å². The summed E-state index contributed by atoms with van der Waals surface area (Å²) >= 11 is 2.53. The number of rotatable bonds is 2. The summed E-state index contributed by atoms with van der Waals surface area (Å²) in [5.74, 6) is -1.19. The summed E-state index contributed by atoms with van der Waals surface area (Å²) in [7, 11) is 0.920. The molecule has 0 aliphatic rings. The Kier molecular flexibility index (Phi) is 4.25. The van der Waals surface area contributed by atoms with E-state index in [1.807, 2.05) is 0 Å². The molecule has 9 heteroatoms. The molecule has 0 aliphatic heterocycles. The third kappa shape index (κ3) is 2.95. The maximum absolute atomic E-state index is 12.6. The second-order valence-electron chi connectivity index (χ2n) is 3.04. The number of aromatic nitrogens is 1. The third-order valence-electron chi connectivity index (χ3n) is 1.89. The van der Waals surface area contributed by atoms with Crippen molar-refractivity contribution in [2.75, 3.05) is 7.11 Å². The van der Waals surface area contributed by atoms with Crippen LogP contribution in [0.5, 0.6) is 0 Å². The fourth-order valence-electron chi connectivity index (χ4n) is 1.14.